The van der Waals surface area contributed by atoms with Crippen LogP contribution in [0, 0.1) is 5.41 Å². The van der Waals surface area contributed by atoms with Gasteiger partial charge in [-0.3, -0.25) is 9.59 Å². The van der Waals surface area contributed by atoms with E-state index in [1.54, 1.807) is 0 Å². The average molecular weight is 362 g/mol. The van der Waals surface area contributed by atoms with E-state index in [4.69, 9.17) is 5.11 Å². The van der Waals surface area contributed by atoms with E-state index in [1.165, 1.54) is 0 Å². The topological polar surface area (TPSA) is 70.5 Å². The Bertz CT molecular complexity index is 640. The molecule has 23 heavy (non-hydrogen) atoms. The standard InChI is InChI=1S/C11H8F6N2O3S/c12-10(13,14)7-18-5(3-23-7)6(20)19-2-1-9(4-19,8(21)22)11(15,16)17/h3H,1-2,4H2,(H,21,22). The van der Waals surface area contributed by atoms with Gasteiger partial charge < -0.3 is 10.0 Å². The lowest BCUT2D eigenvalue weighted by Crippen LogP contribution is -2.47. The van der Waals surface area contributed by atoms with Gasteiger partial charge in [-0.1, -0.05) is 0 Å². The minimum atomic E-state index is -5.09. The first kappa shape index (κ1) is 17.5. The number of alkyl halides is 6. The highest BCUT2D eigenvalue weighted by atomic mass is 32.1. The van der Waals surface area contributed by atoms with E-state index in [1.807, 2.05) is 0 Å². The summed E-state index contributed by atoms with van der Waals surface area (Å²) in [6.45, 7) is -1.70. The predicted molar refractivity (Wildman–Crippen MR) is 63.8 cm³/mol. The van der Waals surface area contributed by atoms with Crippen LogP contribution in [0.2, 0.25) is 0 Å². The van der Waals surface area contributed by atoms with Gasteiger partial charge in [0, 0.05) is 18.5 Å². The van der Waals surface area contributed by atoms with Gasteiger partial charge in [-0.15, -0.1) is 11.3 Å². The molecule has 1 unspecified atom stereocenters. The van der Waals surface area contributed by atoms with Crippen molar-refractivity contribution in [2.45, 2.75) is 18.8 Å². The predicted octanol–water partition coefficient (Wildman–Crippen LogP) is 2.64. The molecule has 0 aliphatic carbocycles. The fourth-order valence-corrected chi connectivity index (χ4v) is 2.84. The third-order valence-corrected chi connectivity index (χ3v) is 4.36. The summed E-state index contributed by atoms with van der Waals surface area (Å²) in [5.74, 6) is -3.29. The Hall–Kier alpha value is -1.85. The van der Waals surface area contributed by atoms with E-state index in [2.05, 4.69) is 4.98 Å². The van der Waals surface area contributed by atoms with Crippen LogP contribution in [-0.2, 0) is 11.0 Å². The molecule has 5 nitrogen and oxygen atoms in total. The monoisotopic (exact) mass is 362 g/mol. The molecule has 1 amide bonds. The molecule has 1 aromatic rings. The minimum Gasteiger partial charge on any atom is -0.481 e. The molecule has 1 fully saturated rings. The van der Waals surface area contributed by atoms with Gasteiger partial charge in [0.05, 0.1) is 0 Å². The summed E-state index contributed by atoms with van der Waals surface area (Å²) in [6.07, 6.45) is -10.7. The van der Waals surface area contributed by atoms with Crippen LogP contribution in [0.25, 0.3) is 0 Å². The highest BCUT2D eigenvalue weighted by Crippen LogP contribution is 2.46. The van der Waals surface area contributed by atoms with Crippen molar-refractivity contribution in [2.75, 3.05) is 13.1 Å². The third-order valence-electron chi connectivity index (χ3n) is 3.47. The van der Waals surface area contributed by atoms with Crippen LogP contribution >= 0.6 is 11.3 Å². The molecule has 0 aromatic carbocycles. The number of thiazole rings is 1. The molecule has 1 N–H and O–H groups in total. The third kappa shape index (κ3) is 2.99. The Morgan fingerprint density at radius 1 is 1.26 bits per heavy atom. The van der Waals surface area contributed by atoms with Crippen molar-refractivity contribution < 1.29 is 41.0 Å². The molecule has 12 heteroatoms. The second-order valence-corrected chi connectivity index (χ2v) is 5.76. The summed E-state index contributed by atoms with van der Waals surface area (Å²) in [5, 5.41) is 8.33. The van der Waals surface area contributed by atoms with Crippen molar-refractivity contribution in [3.8, 4) is 0 Å². The first-order valence-corrected chi connectivity index (χ1v) is 6.88. The first-order chi connectivity index (χ1) is 10.4. The number of hydrogen-bond donors (Lipinski definition) is 1. The molecule has 1 saturated heterocycles. The van der Waals surface area contributed by atoms with Gasteiger partial charge in [0.15, 0.2) is 10.4 Å². The van der Waals surface area contributed by atoms with Crippen LogP contribution < -0.4 is 0 Å². The van der Waals surface area contributed by atoms with Gasteiger partial charge in [-0.05, 0) is 6.42 Å². The van der Waals surface area contributed by atoms with Crippen LogP contribution in [0.1, 0.15) is 21.9 Å². The van der Waals surface area contributed by atoms with Crippen LogP contribution in [0.15, 0.2) is 5.38 Å². The zero-order valence-electron chi connectivity index (χ0n) is 11.0. The summed E-state index contributed by atoms with van der Waals surface area (Å²) in [5.41, 5.74) is -3.78. The number of amides is 1. The summed E-state index contributed by atoms with van der Waals surface area (Å²) in [7, 11) is 0. The van der Waals surface area contributed by atoms with Gasteiger partial charge in [0.25, 0.3) is 5.91 Å². The molecular formula is C11H8F6N2O3S. The SMILES string of the molecule is O=C(c1csc(C(F)(F)F)n1)N1CCC(C(=O)O)(C(F)(F)F)C1. The summed E-state index contributed by atoms with van der Waals surface area (Å²) >= 11 is 0.133. The van der Waals surface area contributed by atoms with E-state index in [-0.39, 0.29) is 11.3 Å². The minimum absolute atomic E-state index is 0.133. The molecule has 128 valence electrons. The van der Waals surface area contributed by atoms with Crippen molar-refractivity contribution >= 4 is 23.2 Å². The second kappa shape index (κ2) is 5.35. The highest BCUT2D eigenvalue weighted by Gasteiger charge is 2.64. The van der Waals surface area contributed by atoms with Gasteiger partial charge >= 0.3 is 18.3 Å². The number of rotatable bonds is 2. The van der Waals surface area contributed by atoms with E-state index in [0.29, 0.717) is 4.90 Å². The van der Waals surface area contributed by atoms with Crippen molar-refractivity contribution in [1.29, 1.82) is 0 Å². The quantitative estimate of drug-likeness (QED) is 0.822. The molecule has 1 aliphatic rings. The number of carbonyl (C=O) groups is 2. The number of hydrogen-bond acceptors (Lipinski definition) is 4. The maximum absolute atomic E-state index is 13.0. The molecule has 0 radical (unpaired) electrons. The average Bonchev–Trinajstić information content (AvgIpc) is 3.04. The van der Waals surface area contributed by atoms with E-state index < -0.39 is 59.9 Å². The molecule has 1 atom stereocenters. The number of nitrogens with zero attached hydrogens (tertiary/aromatic N) is 2. The number of carboxylic acids is 1. The van der Waals surface area contributed by atoms with Gasteiger partial charge in [-0.2, -0.15) is 26.3 Å². The fourth-order valence-electron chi connectivity index (χ4n) is 2.17. The number of aromatic nitrogens is 1. The van der Waals surface area contributed by atoms with Crippen molar-refractivity contribution in [3.05, 3.63) is 16.1 Å². The summed E-state index contributed by atoms with van der Waals surface area (Å²) in [4.78, 5) is 26.6. The fraction of sp³-hybridized carbons (Fsp3) is 0.545. The molecule has 1 aliphatic heterocycles. The number of aliphatic carboxylic acids is 1. The van der Waals surface area contributed by atoms with Crippen LogP contribution in [0.5, 0.6) is 0 Å². The van der Waals surface area contributed by atoms with E-state index in [0.717, 1.165) is 5.38 Å². The lowest BCUT2D eigenvalue weighted by atomic mass is 9.86. The molecule has 0 spiro atoms. The second-order valence-electron chi connectivity index (χ2n) is 4.90. The summed E-state index contributed by atoms with van der Waals surface area (Å²) in [6, 6.07) is 0. The first-order valence-electron chi connectivity index (χ1n) is 6.00. The summed E-state index contributed by atoms with van der Waals surface area (Å²) < 4.78 is 76.2. The van der Waals surface area contributed by atoms with Gasteiger partial charge in [-0.25, -0.2) is 4.98 Å². The maximum Gasteiger partial charge on any atom is 0.443 e. The highest BCUT2D eigenvalue weighted by molar-refractivity contribution is 7.09. The molecule has 0 saturated carbocycles. The smallest absolute Gasteiger partial charge is 0.443 e. The Labute approximate surface area is 128 Å². The Morgan fingerprint density at radius 2 is 1.87 bits per heavy atom. The van der Waals surface area contributed by atoms with Crippen LogP contribution in [0.3, 0.4) is 0 Å². The number of carbonyl (C=O) groups excluding carboxylic acids is 1. The zero-order valence-corrected chi connectivity index (χ0v) is 11.8. The number of carboxylic acid groups (broad SMARTS) is 1. The molecule has 0 bridgehead atoms. The Morgan fingerprint density at radius 3 is 2.26 bits per heavy atom. The van der Waals surface area contributed by atoms with Gasteiger partial charge in [0.2, 0.25) is 0 Å². The van der Waals surface area contributed by atoms with Crippen molar-refractivity contribution in [1.82, 2.24) is 9.88 Å². The molecule has 1 aromatic heterocycles. The Balaban J connectivity index is 2.23. The lowest BCUT2D eigenvalue weighted by Gasteiger charge is -2.27. The van der Waals surface area contributed by atoms with Crippen LogP contribution in [-0.4, -0.2) is 46.1 Å². The zero-order chi connectivity index (χ0) is 17.6. The number of likely N-dealkylation sites (tertiary alicyclic amines) is 1. The Kier molecular flexibility index (Phi) is 4.07. The maximum atomic E-state index is 13.0. The van der Waals surface area contributed by atoms with E-state index >= 15 is 0 Å². The van der Waals surface area contributed by atoms with Gasteiger partial charge in [0.1, 0.15) is 5.69 Å². The van der Waals surface area contributed by atoms with E-state index in [9.17, 15) is 35.9 Å². The van der Waals surface area contributed by atoms with Crippen LogP contribution in [0.4, 0.5) is 26.3 Å². The molecule has 2 heterocycles. The molecular weight excluding hydrogens is 354 g/mol. The normalized spacial score (nSPS) is 22.4. The largest absolute Gasteiger partial charge is 0.481 e. The lowest BCUT2D eigenvalue weighted by molar-refractivity contribution is -0.227. The van der Waals surface area contributed by atoms with Crippen molar-refractivity contribution in [3.63, 3.8) is 0 Å². The van der Waals surface area contributed by atoms with Crippen molar-refractivity contribution in [2.24, 2.45) is 5.41 Å². The molecule has 2 rings (SSSR count). The number of halogens is 6.